The second kappa shape index (κ2) is 11.2. The standard InChI is InChI=1S/C17H22N3O16P3/c1-10-8-19(16(23)18-15(10)22)17(6-11-4-2-3-5-12(11)20(24)25)7-13(21)14(34-17)9-33-38(29,30)36-39(31,32)35-37(26,27)28/h2-5,8,13-14,21H,6-7,9H2,1H3,(H,29,30)(H,31,32)(H,18,22,23)(H2,26,27,28)/t13-,14+,17+/m0/s1. The summed E-state index contributed by atoms with van der Waals surface area (Å²) in [6.07, 6.45) is -2.95. The molecule has 2 heterocycles. The number of aliphatic hydroxyl groups excluding tert-OH is 1. The second-order valence-corrected chi connectivity index (χ2v) is 12.7. The van der Waals surface area contributed by atoms with Gasteiger partial charge in [-0.05, 0) is 6.92 Å². The van der Waals surface area contributed by atoms with Gasteiger partial charge in [-0.25, -0.2) is 18.5 Å². The number of para-hydroxylation sites is 1. The van der Waals surface area contributed by atoms with E-state index in [1.807, 2.05) is 4.98 Å². The Kier molecular flexibility index (Phi) is 8.99. The predicted molar refractivity (Wildman–Crippen MR) is 126 cm³/mol. The molecule has 0 amide bonds. The first-order valence-corrected chi connectivity index (χ1v) is 15.0. The first-order chi connectivity index (χ1) is 17.8. The summed E-state index contributed by atoms with van der Waals surface area (Å²) in [7, 11) is -17.0. The zero-order valence-electron chi connectivity index (χ0n) is 19.6. The number of phosphoric acid groups is 3. The highest BCUT2D eigenvalue weighted by molar-refractivity contribution is 7.66. The Hall–Kier alpha value is -2.37. The van der Waals surface area contributed by atoms with Gasteiger partial charge in [-0.3, -0.25) is 29.0 Å². The van der Waals surface area contributed by atoms with Gasteiger partial charge in [0.15, 0.2) is 5.72 Å². The zero-order chi connectivity index (χ0) is 29.4. The molecule has 0 radical (unpaired) electrons. The van der Waals surface area contributed by atoms with Crippen molar-refractivity contribution in [1.29, 1.82) is 0 Å². The largest absolute Gasteiger partial charge is 0.490 e. The van der Waals surface area contributed by atoms with E-state index < -0.39 is 77.0 Å². The van der Waals surface area contributed by atoms with Crippen molar-refractivity contribution in [3.63, 3.8) is 0 Å². The molecule has 0 spiro atoms. The third-order valence-electron chi connectivity index (χ3n) is 5.36. The highest BCUT2D eigenvalue weighted by atomic mass is 31.3. The van der Waals surface area contributed by atoms with Crippen molar-refractivity contribution in [3.05, 3.63) is 72.5 Å². The molecule has 1 aromatic heterocycles. The van der Waals surface area contributed by atoms with Gasteiger partial charge in [-0.1, -0.05) is 18.2 Å². The molecule has 2 unspecified atom stereocenters. The molecule has 19 nitrogen and oxygen atoms in total. The number of nitro benzene ring substituents is 1. The van der Waals surface area contributed by atoms with Crippen molar-refractivity contribution >= 4 is 29.2 Å². The zero-order valence-corrected chi connectivity index (χ0v) is 22.3. The molecule has 1 saturated heterocycles. The van der Waals surface area contributed by atoms with E-state index in [9.17, 15) is 48.3 Å². The predicted octanol–water partition coefficient (Wildman–Crippen LogP) is 0.142. The fourth-order valence-corrected chi connectivity index (χ4v) is 6.87. The summed E-state index contributed by atoms with van der Waals surface area (Å²) in [5.74, 6) is 0. The normalized spacial score (nSPS) is 24.7. The van der Waals surface area contributed by atoms with E-state index in [0.29, 0.717) is 0 Å². The lowest BCUT2D eigenvalue weighted by atomic mass is 9.96. The number of nitrogens with one attached hydrogen (secondary N) is 1. The van der Waals surface area contributed by atoms with E-state index in [4.69, 9.17) is 14.5 Å². The maximum Gasteiger partial charge on any atom is 0.490 e. The number of hydrogen-bond donors (Lipinski definition) is 6. The Bertz CT molecular complexity index is 1520. The van der Waals surface area contributed by atoms with Crippen LogP contribution in [0.5, 0.6) is 0 Å². The summed E-state index contributed by atoms with van der Waals surface area (Å²) in [6.45, 7) is 0.298. The Morgan fingerprint density at radius 1 is 1.15 bits per heavy atom. The Morgan fingerprint density at radius 3 is 2.41 bits per heavy atom. The van der Waals surface area contributed by atoms with Crippen LogP contribution in [0.3, 0.4) is 0 Å². The molecule has 2 aromatic rings. The minimum atomic E-state index is -5.81. The average Bonchev–Trinajstić information content (AvgIpc) is 3.08. The number of phosphoric ester groups is 1. The third-order valence-corrected chi connectivity index (χ3v) is 9.16. The molecule has 1 aliphatic heterocycles. The first kappa shape index (κ1) is 31.2. The van der Waals surface area contributed by atoms with Crippen LogP contribution in [0.25, 0.3) is 0 Å². The lowest BCUT2D eigenvalue weighted by Gasteiger charge is -2.31. The quantitative estimate of drug-likeness (QED) is 0.111. The van der Waals surface area contributed by atoms with Crippen molar-refractivity contribution in [1.82, 2.24) is 9.55 Å². The van der Waals surface area contributed by atoms with E-state index >= 15 is 0 Å². The van der Waals surface area contributed by atoms with Gasteiger partial charge in [-0.15, -0.1) is 0 Å². The number of H-pyrrole nitrogens is 1. The van der Waals surface area contributed by atoms with Crippen LogP contribution in [-0.2, 0) is 43.7 Å². The number of benzene rings is 1. The summed E-state index contributed by atoms with van der Waals surface area (Å²) in [5, 5.41) is 22.2. The van der Waals surface area contributed by atoms with E-state index in [0.717, 1.165) is 10.8 Å². The minimum Gasteiger partial charge on any atom is -0.390 e. The van der Waals surface area contributed by atoms with Crippen molar-refractivity contribution in [2.45, 2.75) is 37.7 Å². The molecule has 0 bridgehead atoms. The average molecular weight is 617 g/mol. The summed E-state index contributed by atoms with van der Waals surface area (Å²) in [5.41, 5.74) is -3.93. The SMILES string of the molecule is Cc1cn([C@@]2(Cc3ccccc3[N+](=O)[O-])C[C@H](O)[C@@H](COP(=O)(O)OP(=O)(O)OP(=O)(O)O)O2)c(=O)[nH]c1=O. The topological polar surface area (TPSA) is 287 Å². The number of rotatable bonds is 11. The molecule has 5 atom stereocenters. The molecule has 1 aromatic carbocycles. The van der Waals surface area contributed by atoms with Gasteiger partial charge in [0, 0.05) is 36.2 Å². The van der Waals surface area contributed by atoms with Crippen molar-refractivity contribution in [3.8, 4) is 0 Å². The first-order valence-electron chi connectivity index (χ1n) is 10.5. The Balaban J connectivity index is 1.94. The van der Waals surface area contributed by atoms with Crippen LogP contribution in [0.4, 0.5) is 5.69 Å². The van der Waals surface area contributed by atoms with Gasteiger partial charge in [0.05, 0.1) is 17.6 Å². The van der Waals surface area contributed by atoms with Crippen LogP contribution in [-0.4, -0.2) is 58.0 Å². The summed E-state index contributed by atoms with van der Waals surface area (Å²) in [6, 6.07) is 5.40. The lowest BCUT2D eigenvalue weighted by Crippen LogP contribution is -2.46. The highest BCUT2D eigenvalue weighted by Gasteiger charge is 2.50. The Labute approximate surface area is 217 Å². The molecule has 0 saturated carbocycles. The van der Waals surface area contributed by atoms with Gasteiger partial charge in [-0.2, -0.15) is 8.62 Å². The summed E-state index contributed by atoms with van der Waals surface area (Å²) >= 11 is 0. The second-order valence-electron chi connectivity index (χ2n) is 8.26. The molecule has 0 aliphatic carbocycles. The van der Waals surface area contributed by atoms with Crippen molar-refractivity contribution in [2.75, 3.05) is 6.61 Å². The van der Waals surface area contributed by atoms with Crippen LogP contribution in [0.1, 0.15) is 17.5 Å². The van der Waals surface area contributed by atoms with Gasteiger partial charge in [0.25, 0.3) is 11.2 Å². The lowest BCUT2D eigenvalue weighted by molar-refractivity contribution is -0.385. The number of nitrogens with zero attached hydrogens (tertiary/aromatic N) is 2. The van der Waals surface area contributed by atoms with Crippen molar-refractivity contribution < 1.29 is 61.2 Å². The number of aromatic nitrogens is 2. The van der Waals surface area contributed by atoms with Gasteiger partial charge in [0.2, 0.25) is 0 Å². The van der Waals surface area contributed by atoms with Crippen LogP contribution >= 0.6 is 23.5 Å². The Morgan fingerprint density at radius 2 is 1.79 bits per heavy atom. The molecule has 6 N–H and O–H groups in total. The van der Waals surface area contributed by atoms with Gasteiger partial charge < -0.3 is 29.4 Å². The minimum absolute atomic E-state index is 0.0336. The number of aryl methyl sites for hydroxylation is 1. The van der Waals surface area contributed by atoms with E-state index in [1.54, 1.807) is 0 Å². The van der Waals surface area contributed by atoms with E-state index in [1.165, 1.54) is 31.2 Å². The molecule has 1 fully saturated rings. The third kappa shape index (κ3) is 7.85. The van der Waals surface area contributed by atoms with Crippen LogP contribution < -0.4 is 11.2 Å². The van der Waals surface area contributed by atoms with Crippen LogP contribution in [0.2, 0.25) is 0 Å². The number of ether oxygens (including phenoxy) is 1. The number of aliphatic hydroxyl groups is 1. The maximum absolute atomic E-state index is 12.7. The fraction of sp³-hybridized carbons (Fsp3) is 0.412. The molecule has 216 valence electrons. The molecule has 1 aliphatic rings. The maximum atomic E-state index is 12.7. The fourth-order valence-electron chi connectivity index (χ4n) is 3.84. The van der Waals surface area contributed by atoms with Gasteiger partial charge >= 0.3 is 29.2 Å². The number of hydrogen-bond acceptors (Lipinski definition) is 12. The molecule has 22 heteroatoms. The number of aromatic amines is 1. The van der Waals surface area contributed by atoms with Crippen molar-refractivity contribution in [2.24, 2.45) is 0 Å². The summed E-state index contributed by atoms with van der Waals surface area (Å²) in [4.78, 5) is 73.8. The number of nitro groups is 1. The smallest absolute Gasteiger partial charge is 0.390 e. The monoisotopic (exact) mass is 617 g/mol. The van der Waals surface area contributed by atoms with Gasteiger partial charge in [0.1, 0.15) is 6.10 Å². The molecular weight excluding hydrogens is 595 g/mol. The molecule has 3 rings (SSSR count). The van der Waals surface area contributed by atoms with Crippen LogP contribution in [0.15, 0.2) is 40.1 Å². The molecule has 39 heavy (non-hydrogen) atoms. The molecular formula is C17H22N3O16P3. The van der Waals surface area contributed by atoms with E-state index in [-0.39, 0.29) is 16.8 Å². The van der Waals surface area contributed by atoms with Crippen LogP contribution in [0, 0.1) is 17.0 Å². The van der Waals surface area contributed by atoms with E-state index in [2.05, 4.69) is 13.1 Å². The summed E-state index contributed by atoms with van der Waals surface area (Å²) < 4.78 is 52.9. The highest BCUT2D eigenvalue weighted by Crippen LogP contribution is 2.66.